The summed E-state index contributed by atoms with van der Waals surface area (Å²) in [5.41, 5.74) is 0.351. The minimum absolute atomic E-state index is 0.00954. The van der Waals surface area contributed by atoms with Crippen LogP contribution in [0.5, 0.6) is 0 Å². The van der Waals surface area contributed by atoms with Crippen LogP contribution in [-0.2, 0) is 9.53 Å². The predicted octanol–water partition coefficient (Wildman–Crippen LogP) is 2.01. The standard InChI is InChI=1S/C18H19N3O4S2/c1-26-16-13(4-2-6-19-16)18(24)25-12-15(22)20-7-9-21(10-8-20)17(23)14-5-3-11-27-14/h2-6,11H,7-10,12H2,1H3. The lowest BCUT2D eigenvalue weighted by Gasteiger charge is -2.34. The predicted molar refractivity (Wildman–Crippen MR) is 103 cm³/mol. The van der Waals surface area contributed by atoms with Gasteiger partial charge >= 0.3 is 5.97 Å². The Balaban J connectivity index is 1.48. The van der Waals surface area contributed by atoms with E-state index in [-0.39, 0.29) is 18.4 Å². The number of carbonyl (C=O) groups excluding carboxylic acids is 3. The third-order valence-corrected chi connectivity index (χ3v) is 5.73. The van der Waals surface area contributed by atoms with Gasteiger partial charge in [-0.3, -0.25) is 9.59 Å². The number of nitrogens with zero attached hydrogens (tertiary/aromatic N) is 3. The van der Waals surface area contributed by atoms with Crippen LogP contribution in [0, 0.1) is 0 Å². The van der Waals surface area contributed by atoms with Crippen LogP contribution in [0.1, 0.15) is 20.0 Å². The molecule has 142 valence electrons. The van der Waals surface area contributed by atoms with Gasteiger partial charge < -0.3 is 14.5 Å². The molecule has 0 saturated carbocycles. The fraction of sp³-hybridized carbons (Fsp3) is 0.333. The minimum Gasteiger partial charge on any atom is -0.452 e. The topological polar surface area (TPSA) is 79.8 Å². The van der Waals surface area contributed by atoms with Crippen molar-refractivity contribution in [2.24, 2.45) is 0 Å². The summed E-state index contributed by atoms with van der Waals surface area (Å²) < 4.78 is 5.16. The highest BCUT2D eigenvalue weighted by molar-refractivity contribution is 7.98. The Morgan fingerprint density at radius 3 is 2.56 bits per heavy atom. The van der Waals surface area contributed by atoms with Gasteiger partial charge in [0.25, 0.3) is 11.8 Å². The van der Waals surface area contributed by atoms with Crippen molar-refractivity contribution in [2.45, 2.75) is 5.03 Å². The first-order valence-electron chi connectivity index (χ1n) is 8.37. The number of rotatable bonds is 5. The number of ether oxygens (including phenoxy) is 1. The lowest BCUT2D eigenvalue weighted by Crippen LogP contribution is -2.51. The van der Waals surface area contributed by atoms with Crippen molar-refractivity contribution >= 4 is 40.9 Å². The van der Waals surface area contributed by atoms with Crippen molar-refractivity contribution in [2.75, 3.05) is 39.0 Å². The zero-order valence-corrected chi connectivity index (χ0v) is 16.4. The van der Waals surface area contributed by atoms with Crippen LogP contribution in [0.15, 0.2) is 40.9 Å². The highest BCUT2D eigenvalue weighted by Gasteiger charge is 2.26. The Morgan fingerprint density at radius 1 is 1.15 bits per heavy atom. The number of thiophene rings is 1. The Morgan fingerprint density at radius 2 is 1.89 bits per heavy atom. The van der Waals surface area contributed by atoms with E-state index < -0.39 is 5.97 Å². The Labute approximate surface area is 165 Å². The summed E-state index contributed by atoms with van der Waals surface area (Å²) in [5, 5.41) is 2.43. The van der Waals surface area contributed by atoms with E-state index in [2.05, 4.69) is 4.98 Å². The Bertz CT molecular complexity index is 818. The third-order valence-electron chi connectivity index (χ3n) is 4.16. The second-order valence-electron chi connectivity index (χ2n) is 5.79. The molecule has 0 atom stereocenters. The maximum Gasteiger partial charge on any atom is 0.341 e. The number of amides is 2. The van der Waals surface area contributed by atoms with Crippen LogP contribution in [0.4, 0.5) is 0 Å². The van der Waals surface area contributed by atoms with E-state index in [4.69, 9.17) is 4.74 Å². The molecule has 1 aliphatic heterocycles. The molecule has 1 aliphatic rings. The van der Waals surface area contributed by atoms with Gasteiger partial charge in [-0.1, -0.05) is 6.07 Å². The first kappa shape index (κ1) is 19.4. The quantitative estimate of drug-likeness (QED) is 0.559. The van der Waals surface area contributed by atoms with Gasteiger partial charge in [0, 0.05) is 32.4 Å². The molecular weight excluding hydrogens is 386 g/mol. The number of hydrogen-bond acceptors (Lipinski definition) is 7. The van der Waals surface area contributed by atoms with E-state index in [1.807, 2.05) is 17.7 Å². The zero-order chi connectivity index (χ0) is 19.2. The van der Waals surface area contributed by atoms with E-state index in [0.29, 0.717) is 41.6 Å². The maximum absolute atomic E-state index is 12.3. The van der Waals surface area contributed by atoms with Crippen LogP contribution in [0.25, 0.3) is 0 Å². The van der Waals surface area contributed by atoms with E-state index in [1.165, 1.54) is 23.1 Å². The van der Waals surface area contributed by atoms with Crippen LogP contribution in [0.3, 0.4) is 0 Å². The smallest absolute Gasteiger partial charge is 0.341 e. The summed E-state index contributed by atoms with van der Waals surface area (Å²) in [6.45, 7) is 1.47. The van der Waals surface area contributed by atoms with Gasteiger partial charge in [0.15, 0.2) is 6.61 Å². The number of piperazine rings is 1. The molecule has 0 aromatic carbocycles. The maximum atomic E-state index is 12.3. The SMILES string of the molecule is CSc1ncccc1C(=O)OCC(=O)N1CCN(C(=O)c2cccs2)CC1. The first-order chi connectivity index (χ1) is 13.1. The molecule has 7 nitrogen and oxygen atoms in total. The molecule has 2 amide bonds. The molecule has 27 heavy (non-hydrogen) atoms. The molecule has 0 aliphatic carbocycles. The summed E-state index contributed by atoms with van der Waals surface area (Å²) in [7, 11) is 0. The number of hydrogen-bond donors (Lipinski definition) is 0. The highest BCUT2D eigenvalue weighted by Crippen LogP contribution is 2.18. The van der Waals surface area contributed by atoms with Gasteiger partial charge in [-0.05, 0) is 29.8 Å². The van der Waals surface area contributed by atoms with Crippen molar-refractivity contribution in [3.8, 4) is 0 Å². The van der Waals surface area contributed by atoms with Crippen LogP contribution in [0.2, 0.25) is 0 Å². The van der Waals surface area contributed by atoms with E-state index in [1.54, 1.807) is 34.2 Å². The number of esters is 1. The molecule has 9 heteroatoms. The Hall–Kier alpha value is -2.39. The van der Waals surface area contributed by atoms with Gasteiger partial charge in [0.1, 0.15) is 5.03 Å². The monoisotopic (exact) mass is 405 g/mol. The van der Waals surface area contributed by atoms with Crippen molar-refractivity contribution in [1.29, 1.82) is 0 Å². The number of thioether (sulfide) groups is 1. The molecule has 1 saturated heterocycles. The highest BCUT2D eigenvalue weighted by atomic mass is 32.2. The average Bonchev–Trinajstić information content (AvgIpc) is 3.26. The lowest BCUT2D eigenvalue weighted by molar-refractivity contribution is -0.136. The number of aromatic nitrogens is 1. The molecule has 0 unspecified atom stereocenters. The Kier molecular flexibility index (Phi) is 6.46. The van der Waals surface area contributed by atoms with Crippen LogP contribution in [-0.4, -0.2) is 71.6 Å². The van der Waals surface area contributed by atoms with Crippen molar-refractivity contribution < 1.29 is 19.1 Å². The largest absolute Gasteiger partial charge is 0.452 e. The van der Waals surface area contributed by atoms with Crippen molar-refractivity contribution in [3.05, 3.63) is 46.3 Å². The molecule has 0 spiro atoms. The fourth-order valence-electron chi connectivity index (χ4n) is 2.72. The summed E-state index contributed by atoms with van der Waals surface area (Å²) in [5.74, 6) is -0.835. The molecule has 0 radical (unpaired) electrons. The average molecular weight is 406 g/mol. The first-order valence-corrected chi connectivity index (χ1v) is 10.5. The molecule has 3 rings (SSSR count). The van der Waals surface area contributed by atoms with Crippen molar-refractivity contribution in [3.63, 3.8) is 0 Å². The van der Waals surface area contributed by atoms with Gasteiger partial charge in [0.05, 0.1) is 10.4 Å². The minimum atomic E-state index is -0.563. The lowest BCUT2D eigenvalue weighted by atomic mass is 10.3. The van der Waals surface area contributed by atoms with Gasteiger partial charge in [-0.25, -0.2) is 9.78 Å². The van der Waals surface area contributed by atoms with E-state index in [0.717, 1.165) is 0 Å². The summed E-state index contributed by atoms with van der Waals surface area (Å²) >= 11 is 2.75. The summed E-state index contributed by atoms with van der Waals surface area (Å²) in [4.78, 5) is 45.0. The van der Waals surface area contributed by atoms with E-state index >= 15 is 0 Å². The van der Waals surface area contributed by atoms with Crippen LogP contribution < -0.4 is 0 Å². The van der Waals surface area contributed by atoms with Gasteiger partial charge in [-0.2, -0.15) is 0 Å². The summed E-state index contributed by atoms with van der Waals surface area (Å²) in [6.07, 6.45) is 3.42. The van der Waals surface area contributed by atoms with Crippen molar-refractivity contribution in [1.82, 2.24) is 14.8 Å². The molecule has 3 heterocycles. The zero-order valence-electron chi connectivity index (χ0n) is 14.8. The van der Waals surface area contributed by atoms with E-state index in [9.17, 15) is 14.4 Å². The second-order valence-corrected chi connectivity index (χ2v) is 7.53. The normalized spacial score (nSPS) is 14.1. The molecule has 2 aromatic rings. The number of pyridine rings is 1. The molecule has 1 fully saturated rings. The third kappa shape index (κ3) is 4.67. The molecule has 0 bridgehead atoms. The molecule has 0 N–H and O–H groups in total. The molecular formula is C18H19N3O4S2. The van der Waals surface area contributed by atoms with Gasteiger partial charge in [0.2, 0.25) is 0 Å². The fourth-order valence-corrected chi connectivity index (χ4v) is 3.95. The number of carbonyl (C=O) groups is 3. The van der Waals surface area contributed by atoms with Crippen LogP contribution >= 0.6 is 23.1 Å². The second kappa shape index (κ2) is 9.01. The summed E-state index contributed by atoms with van der Waals surface area (Å²) in [6, 6.07) is 6.92. The molecule has 2 aromatic heterocycles. The van der Waals surface area contributed by atoms with Gasteiger partial charge in [-0.15, -0.1) is 23.1 Å².